The molecule has 4 rings (SSSR count). The minimum atomic E-state index is -0.489. The molecule has 0 fully saturated rings. The van der Waals surface area contributed by atoms with Crippen LogP contribution in [0.3, 0.4) is 0 Å². The molecule has 0 saturated carbocycles. The molecule has 0 bridgehead atoms. The minimum Gasteiger partial charge on any atom is -0.486 e. The molecule has 0 aliphatic rings. The van der Waals surface area contributed by atoms with E-state index in [2.05, 4.69) is 15.6 Å². The molecule has 7 nitrogen and oxygen atoms in total. The van der Waals surface area contributed by atoms with Gasteiger partial charge in [-0.25, -0.2) is 4.39 Å². The van der Waals surface area contributed by atoms with Gasteiger partial charge in [-0.3, -0.25) is 9.48 Å². The Kier molecular flexibility index (Phi) is 6.46. The average Bonchev–Trinajstić information content (AvgIpc) is 3.29. The second-order valence-electron chi connectivity index (χ2n) is 7.57. The molecule has 4 aromatic rings. The van der Waals surface area contributed by atoms with E-state index in [1.807, 2.05) is 42.8 Å². The van der Waals surface area contributed by atoms with Crippen molar-refractivity contribution in [3.63, 3.8) is 0 Å². The first-order chi connectivity index (χ1) is 15.8. The standard InChI is InChI=1S/C24H22ClFN4O3/c1-14-22(15(2)30(28-14)12-17-8-10-18(25)11-9-17)27-24(31)23-19(16(3)33-29-23)13-32-21-7-5-4-6-20(21)26/h4-11H,12-13H2,1-3H3,(H,27,31). The van der Waals surface area contributed by atoms with Gasteiger partial charge in [0.25, 0.3) is 5.91 Å². The van der Waals surface area contributed by atoms with Crippen LogP contribution in [0.5, 0.6) is 5.75 Å². The van der Waals surface area contributed by atoms with Crippen molar-refractivity contribution in [1.82, 2.24) is 14.9 Å². The van der Waals surface area contributed by atoms with Gasteiger partial charge < -0.3 is 14.6 Å². The summed E-state index contributed by atoms with van der Waals surface area (Å²) >= 11 is 5.96. The van der Waals surface area contributed by atoms with E-state index in [4.69, 9.17) is 20.9 Å². The fraction of sp³-hybridized carbons (Fsp3) is 0.208. The number of aromatic nitrogens is 3. The lowest BCUT2D eigenvalue weighted by Crippen LogP contribution is -2.16. The number of ether oxygens (including phenoxy) is 1. The number of rotatable bonds is 7. The van der Waals surface area contributed by atoms with Crippen LogP contribution in [0, 0.1) is 26.6 Å². The van der Waals surface area contributed by atoms with Crippen LogP contribution in [0.4, 0.5) is 10.1 Å². The monoisotopic (exact) mass is 468 g/mol. The lowest BCUT2D eigenvalue weighted by molar-refractivity contribution is 0.101. The maximum Gasteiger partial charge on any atom is 0.278 e. The van der Waals surface area contributed by atoms with E-state index in [-0.39, 0.29) is 18.1 Å². The third-order valence-electron chi connectivity index (χ3n) is 5.27. The highest BCUT2D eigenvalue weighted by atomic mass is 35.5. The smallest absolute Gasteiger partial charge is 0.278 e. The number of amides is 1. The normalized spacial score (nSPS) is 10.9. The van der Waals surface area contributed by atoms with Gasteiger partial charge in [0.05, 0.1) is 29.2 Å². The summed E-state index contributed by atoms with van der Waals surface area (Å²) in [5.41, 5.74) is 3.60. The number of carbonyl (C=O) groups is 1. The van der Waals surface area contributed by atoms with Crippen molar-refractivity contribution < 1.29 is 18.4 Å². The number of para-hydroxylation sites is 1. The van der Waals surface area contributed by atoms with Crippen molar-refractivity contribution in [1.29, 1.82) is 0 Å². The van der Waals surface area contributed by atoms with E-state index in [0.29, 0.717) is 34.3 Å². The predicted octanol–water partition coefficient (Wildman–Crippen LogP) is 5.47. The van der Waals surface area contributed by atoms with Gasteiger partial charge in [-0.05, 0) is 50.6 Å². The van der Waals surface area contributed by atoms with E-state index in [1.54, 1.807) is 19.1 Å². The summed E-state index contributed by atoms with van der Waals surface area (Å²) < 4.78 is 26.4. The number of nitrogens with zero attached hydrogens (tertiary/aromatic N) is 3. The van der Waals surface area contributed by atoms with Crippen LogP contribution < -0.4 is 10.1 Å². The average molecular weight is 469 g/mol. The Morgan fingerprint density at radius 1 is 1.15 bits per heavy atom. The van der Waals surface area contributed by atoms with E-state index in [1.165, 1.54) is 12.1 Å². The maximum atomic E-state index is 13.9. The fourth-order valence-electron chi connectivity index (χ4n) is 3.42. The number of hydrogen-bond donors (Lipinski definition) is 1. The molecular formula is C24H22ClFN4O3. The molecule has 0 aliphatic carbocycles. The third-order valence-corrected chi connectivity index (χ3v) is 5.53. The van der Waals surface area contributed by atoms with Crippen molar-refractivity contribution >= 4 is 23.2 Å². The van der Waals surface area contributed by atoms with Crippen molar-refractivity contribution in [3.05, 3.63) is 93.3 Å². The first-order valence-corrected chi connectivity index (χ1v) is 10.6. The second-order valence-corrected chi connectivity index (χ2v) is 8.01. The number of aryl methyl sites for hydroxylation is 2. The molecule has 0 unspecified atom stereocenters. The Hall–Kier alpha value is -3.65. The SMILES string of the molecule is Cc1nn(Cc2ccc(Cl)cc2)c(C)c1NC(=O)c1noc(C)c1COc1ccccc1F. The van der Waals surface area contributed by atoms with Gasteiger partial charge in [0.15, 0.2) is 17.3 Å². The molecular weight excluding hydrogens is 447 g/mol. The van der Waals surface area contributed by atoms with Crippen LogP contribution in [0.25, 0.3) is 0 Å². The summed E-state index contributed by atoms with van der Waals surface area (Å²) in [6.07, 6.45) is 0. The van der Waals surface area contributed by atoms with Gasteiger partial charge in [0.1, 0.15) is 12.4 Å². The van der Waals surface area contributed by atoms with E-state index >= 15 is 0 Å². The largest absolute Gasteiger partial charge is 0.486 e. The Morgan fingerprint density at radius 2 is 1.88 bits per heavy atom. The molecule has 170 valence electrons. The highest BCUT2D eigenvalue weighted by Crippen LogP contribution is 2.24. The Labute approximate surface area is 195 Å². The van der Waals surface area contributed by atoms with Gasteiger partial charge in [0, 0.05) is 5.02 Å². The molecule has 9 heteroatoms. The summed E-state index contributed by atoms with van der Waals surface area (Å²) in [5, 5.41) is 12.0. The van der Waals surface area contributed by atoms with Gasteiger partial charge in [-0.1, -0.05) is 41.0 Å². The fourth-order valence-corrected chi connectivity index (χ4v) is 3.54. The van der Waals surface area contributed by atoms with E-state index in [9.17, 15) is 9.18 Å². The van der Waals surface area contributed by atoms with Gasteiger partial charge in [0.2, 0.25) is 0 Å². The number of halogens is 2. The Balaban J connectivity index is 1.51. The van der Waals surface area contributed by atoms with Crippen molar-refractivity contribution in [2.45, 2.75) is 33.9 Å². The number of carbonyl (C=O) groups excluding carboxylic acids is 1. The van der Waals surface area contributed by atoms with Crippen molar-refractivity contribution in [3.8, 4) is 5.75 Å². The van der Waals surface area contributed by atoms with Crippen molar-refractivity contribution in [2.75, 3.05) is 5.32 Å². The van der Waals surface area contributed by atoms with Crippen LogP contribution >= 0.6 is 11.6 Å². The molecule has 33 heavy (non-hydrogen) atoms. The summed E-state index contributed by atoms with van der Waals surface area (Å²) in [7, 11) is 0. The van der Waals surface area contributed by atoms with Crippen LogP contribution in [-0.2, 0) is 13.2 Å². The zero-order valence-corrected chi connectivity index (χ0v) is 19.1. The molecule has 1 amide bonds. The number of anilines is 1. The molecule has 0 saturated heterocycles. The quantitative estimate of drug-likeness (QED) is 0.389. The molecule has 1 N–H and O–H groups in total. The molecule has 0 spiro atoms. The Morgan fingerprint density at radius 3 is 2.61 bits per heavy atom. The van der Waals surface area contributed by atoms with Gasteiger partial charge >= 0.3 is 0 Å². The number of nitrogens with one attached hydrogen (secondary N) is 1. The highest BCUT2D eigenvalue weighted by molar-refractivity contribution is 6.30. The van der Waals surface area contributed by atoms with E-state index in [0.717, 1.165) is 11.3 Å². The maximum absolute atomic E-state index is 13.9. The van der Waals surface area contributed by atoms with Crippen LogP contribution in [0.2, 0.25) is 5.02 Å². The van der Waals surface area contributed by atoms with E-state index < -0.39 is 11.7 Å². The zero-order valence-electron chi connectivity index (χ0n) is 18.4. The zero-order chi connectivity index (χ0) is 23.5. The van der Waals surface area contributed by atoms with Gasteiger partial charge in [-0.2, -0.15) is 5.10 Å². The summed E-state index contributed by atoms with van der Waals surface area (Å²) in [4.78, 5) is 13.0. The van der Waals surface area contributed by atoms with Crippen LogP contribution in [0.15, 0.2) is 53.1 Å². The number of hydrogen-bond acceptors (Lipinski definition) is 5. The third kappa shape index (κ3) is 4.90. The Bertz CT molecular complexity index is 1300. The molecule has 2 aromatic carbocycles. The molecule has 0 atom stereocenters. The first kappa shape index (κ1) is 22.5. The summed E-state index contributed by atoms with van der Waals surface area (Å²) in [5.74, 6) is -0.448. The summed E-state index contributed by atoms with van der Waals surface area (Å²) in [6, 6.07) is 13.6. The number of benzene rings is 2. The second kappa shape index (κ2) is 9.46. The highest BCUT2D eigenvalue weighted by Gasteiger charge is 2.23. The minimum absolute atomic E-state index is 0.0627. The lowest BCUT2D eigenvalue weighted by Gasteiger charge is -2.09. The molecule has 2 heterocycles. The van der Waals surface area contributed by atoms with Crippen molar-refractivity contribution in [2.24, 2.45) is 0 Å². The topological polar surface area (TPSA) is 82.2 Å². The molecule has 0 aliphatic heterocycles. The lowest BCUT2D eigenvalue weighted by atomic mass is 10.2. The molecule has 0 radical (unpaired) electrons. The van der Waals surface area contributed by atoms with Crippen LogP contribution in [0.1, 0.15) is 38.8 Å². The first-order valence-electron chi connectivity index (χ1n) is 10.3. The van der Waals surface area contributed by atoms with Gasteiger partial charge in [-0.15, -0.1) is 0 Å². The van der Waals surface area contributed by atoms with Crippen LogP contribution in [-0.4, -0.2) is 20.8 Å². The predicted molar refractivity (Wildman–Crippen MR) is 122 cm³/mol. The summed E-state index contributed by atoms with van der Waals surface area (Å²) in [6.45, 7) is 5.83. The molecule has 2 aromatic heterocycles.